The average Bonchev–Trinajstić information content (AvgIpc) is 2.63. The van der Waals surface area contributed by atoms with Crippen molar-refractivity contribution >= 4 is 15.9 Å². The van der Waals surface area contributed by atoms with E-state index in [0.717, 1.165) is 24.3 Å². The van der Waals surface area contributed by atoms with Gasteiger partial charge in [-0.25, -0.2) is 4.39 Å². The van der Waals surface area contributed by atoms with E-state index in [4.69, 9.17) is 4.74 Å². The molecule has 2 aromatic rings. The van der Waals surface area contributed by atoms with E-state index < -0.39 is 0 Å². The van der Waals surface area contributed by atoms with Crippen LogP contribution in [0.15, 0.2) is 46.9 Å². The fourth-order valence-electron chi connectivity index (χ4n) is 2.43. The molecule has 0 heterocycles. The van der Waals surface area contributed by atoms with Crippen LogP contribution in [0, 0.1) is 17.7 Å². The lowest BCUT2D eigenvalue weighted by Gasteiger charge is -2.06. The lowest BCUT2D eigenvalue weighted by atomic mass is 10.1. The molecular formula is C22H24BrFO. The first-order chi connectivity index (χ1) is 12.2. The van der Waals surface area contributed by atoms with Crippen molar-refractivity contribution in [1.29, 1.82) is 0 Å². The van der Waals surface area contributed by atoms with Gasteiger partial charge in [-0.3, -0.25) is 0 Å². The second-order valence-corrected chi connectivity index (χ2v) is 6.87. The van der Waals surface area contributed by atoms with Crippen LogP contribution in [0.2, 0.25) is 0 Å². The zero-order valence-corrected chi connectivity index (χ0v) is 16.2. The minimum atomic E-state index is -0.301. The number of benzene rings is 2. The number of rotatable bonds is 8. The van der Waals surface area contributed by atoms with Crippen molar-refractivity contribution in [3.63, 3.8) is 0 Å². The van der Waals surface area contributed by atoms with E-state index in [1.165, 1.54) is 38.2 Å². The normalized spacial score (nSPS) is 10.2. The van der Waals surface area contributed by atoms with Crippen LogP contribution in [-0.4, -0.2) is 6.61 Å². The van der Waals surface area contributed by atoms with Crippen LogP contribution in [0.25, 0.3) is 0 Å². The molecule has 0 amide bonds. The van der Waals surface area contributed by atoms with Crippen molar-refractivity contribution in [2.24, 2.45) is 0 Å². The van der Waals surface area contributed by atoms with Gasteiger partial charge in [-0.2, -0.15) is 0 Å². The molecule has 2 rings (SSSR count). The van der Waals surface area contributed by atoms with E-state index in [9.17, 15) is 4.39 Å². The zero-order chi connectivity index (χ0) is 17.9. The van der Waals surface area contributed by atoms with Gasteiger partial charge >= 0.3 is 0 Å². The first-order valence-electron chi connectivity index (χ1n) is 8.89. The van der Waals surface area contributed by atoms with Crippen molar-refractivity contribution in [2.75, 3.05) is 6.61 Å². The third-order valence-corrected chi connectivity index (χ3v) is 4.53. The first-order valence-corrected chi connectivity index (χ1v) is 9.68. The molecule has 0 saturated heterocycles. The summed E-state index contributed by atoms with van der Waals surface area (Å²) in [5.74, 6) is 6.59. The fraction of sp³-hybridized carbons (Fsp3) is 0.364. The molecule has 0 aliphatic rings. The molecule has 0 radical (unpaired) electrons. The highest BCUT2D eigenvalue weighted by Gasteiger charge is 1.98. The molecular weight excluding hydrogens is 379 g/mol. The summed E-state index contributed by atoms with van der Waals surface area (Å²) in [5, 5.41) is 0. The predicted molar refractivity (Wildman–Crippen MR) is 105 cm³/mol. The van der Waals surface area contributed by atoms with Crippen molar-refractivity contribution in [1.82, 2.24) is 0 Å². The molecule has 0 spiro atoms. The summed E-state index contributed by atoms with van der Waals surface area (Å²) in [6.45, 7) is 2.99. The minimum absolute atomic E-state index is 0.301. The van der Waals surface area contributed by atoms with Gasteiger partial charge in [0.05, 0.1) is 11.1 Å². The quantitative estimate of drug-likeness (QED) is 0.351. The smallest absolute Gasteiger partial charge is 0.138 e. The topological polar surface area (TPSA) is 9.23 Å². The number of ether oxygens (including phenoxy) is 1. The molecule has 0 atom stereocenters. The summed E-state index contributed by atoms with van der Waals surface area (Å²) in [6, 6.07) is 12.6. The van der Waals surface area contributed by atoms with Crippen LogP contribution >= 0.6 is 15.9 Å². The number of halogens is 2. The molecule has 25 heavy (non-hydrogen) atoms. The van der Waals surface area contributed by atoms with E-state index in [1.807, 2.05) is 24.3 Å². The Kier molecular flexibility index (Phi) is 8.55. The van der Waals surface area contributed by atoms with Gasteiger partial charge in [0.25, 0.3) is 0 Å². The highest BCUT2D eigenvalue weighted by atomic mass is 79.9. The van der Waals surface area contributed by atoms with Gasteiger partial charge in [0, 0.05) is 11.1 Å². The Morgan fingerprint density at radius 2 is 1.52 bits per heavy atom. The van der Waals surface area contributed by atoms with Crippen LogP contribution in [-0.2, 0) is 0 Å². The molecule has 0 N–H and O–H groups in total. The van der Waals surface area contributed by atoms with Gasteiger partial charge in [-0.05, 0) is 64.8 Å². The Balaban J connectivity index is 1.78. The van der Waals surface area contributed by atoms with Gasteiger partial charge in [-0.1, -0.05) is 50.9 Å². The van der Waals surface area contributed by atoms with Crippen LogP contribution in [0.3, 0.4) is 0 Å². The molecule has 2 aromatic carbocycles. The van der Waals surface area contributed by atoms with Gasteiger partial charge in [0.2, 0.25) is 0 Å². The van der Waals surface area contributed by atoms with Gasteiger partial charge in [-0.15, -0.1) is 0 Å². The maximum absolute atomic E-state index is 13.5. The zero-order valence-electron chi connectivity index (χ0n) is 14.7. The van der Waals surface area contributed by atoms with Crippen LogP contribution in [0.4, 0.5) is 4.39 Å². The molecule has 0 bridgehead atoms. The van der Waals surface area contributed by atoms with E-state index in [-0.39, 0.29) is 5.82 Å². The maximum atomic E-state index is 13.5. The predicted octanol–water partition coefficient (Wildman–Crippen LogP) is 6.73. The summed E-state index contributed by atoms with van der Waals surface area (Å²) in [7, 11) is 0. The molecule has 1 nitrogen and oxygen atoms in total. The molecule has 0 fully saturated rings. The molecule has 3 heteroatoms. The highest BCUT2D eigenvalue weighted by Crippen LogP contribution is 2.16. The first kappa shape index (κ1) is 19.5. The van der Waals surface area contributed by atoms with Crippen LogP contribution < -0.4 is 4.74 Å². The number of hydrogen-bond acceptors (Lipinski definition) is 1. The fourth-order valence-corrected chi connectivity index (χ4v) is 2.67. The van der Waals surface area contributed by atoms with Crippen LogP contribution in [0.5, 0.6) is 5.75 Å². The van der Waals surface area contributed by atoms with E-state index in [2.05, 4.69) is 34.7 Å². The summed E-state index contributed by atoms with van der Waals surface area (Å²) >= 11 is 3.14. The largest absolute Gasteiger partial charge is 0.494 e. The van der Waals surface area contributed by atoms with E-state index >= 15 is 0 Å². The Hall–Kier alpha value is -1.79. The Morgan fingerprint density at radius 1 is 0.880 bits per heavy atom. The second-order valence-electron chi connectivity index (χ2n) is 6.02. The minimum Gasteiger partial charge on any atom is -0.494 e. The highest BCUT2D eigenvalue weighted by molar-refractivity contribution is 9.10. The van der Waals surface area contributed by atoms with Crippen molar-refractivity contribution in [2.45, 2.75) is 45.4 Å². The maximum Gasteiger partial charge on any atom is 0.138 e. The van der Waals surface area contributed by atoms with E-state index in [1.54, 1.807) is 12.1 Å². The van der Waals surface area contributed by atoms with Gasteiger partial charge < -0.3 is 4.74 Å². The van der Waals surface area contributed by atoms with Gasteiger partial charge in [0.1, 0.15) is 11.6 Å². The lowest BCUT2D eigenvalue weighted by Crippen LogP contribution is -1.97. The summed E-state index contributed by atoms with van der Waals surface area (Å²) < 4.78 is 19.7. The molecule has 0 aliphatic heterocycles. The third-order valence-electron chi connectivity index (χ3n) is 3.89. The second kappa shape index (κ2) is 10.9. The third kappa shape index (κ3) is 7.32. The van der Waals surface area contributed by atoms with Gasteiger partial charge in [0.15, 0.2) is 0 Å². The number of hydrogen-bond donors (Lipinski definition) is 0. The van der Waals surface area contributed by atoms with Crippen molar-refractivity contribution < 1.29 is 9.13 Å². The standard InChI is InChI=1S/C22H24BrFO/c1-2-3-4-5-6-7-16-25-20-13-10-18(11-14-20)8-9-19-12-15-21(23)22(24)17-19/h10-15,17H,2-7,16H2,1H3. The number of unbranched alkanes of at least 4 members (excludes halogenated alkanes) is 5. The molecule has 0 aliphatic carbocycles. The molecule has 0 saturated carbocycles. The summed E-state index contributed by atoms with van der Waals surface area (Å²) in [4.78, 5) is 0. The van der Waals surface area contributed by atoms with E-state index in [0.29, 0.717) is 10.0 Å². The summed E-state index contributed by atoms with van der Waals surface area (Å²) in [6.07, 6.45) is 7.56. The van der Waals surface area contributed by atoms with Crippen molar-refractivity contribution in [3.8, 4) is 17.6 Å². The average molecular weight is 403 g/mol. The summed E-state index contributed by atoms with van der Waals surface area (Å²) in [5.41, 5.74) is 1.54. The van der Waals surface area contributed by atoms with Crippen LogP contribution in [0.1, 0.15) is 56.6 Å². The SMILES string of the molecule is CCCCCCCCOc1ccc(C#Cc2ccc(Br)c(F)c2)cc1. The monoisotopic (exact) mass is 402 g/mol. The molecule has 132 valence electrons. The molecule has 0 unspecified atom stereocenters. The molecule has 0 aromatic heterocycles. The Bertz CT molecular complexity index is 713. The van der Waals surface area contributed by atoms with Crippen molar-refractivity contribution in [3.05, 3.63) is 63.9 Å². The Labute approximate surface area is 158 Å². The lowest BCUT2D eigenvalue weighted by molar-refractivity contribution is 0.304. The Morgan fingerprint density at radius 3 is 2.24 bits per heavy atom.